The Hall–Kier alpha value is -1.44. The second-order valence-electron chi connectivity index (χ2n) is 4.99. The van der Waals surface area contributed by atoms with E-state index >= 15 is 0 Å². The van der Waals surface area contributed by atoms with Gasteiger partial charge in [0.1, 0.15) is 0 Å². The lowest BCUT2D eigenvalue weighted by Crippen LogP contribution is -2.51. The molecule has 1 fully saturated rings. The number of hydrogen-bond donors (Lipinski definition) is 2. The van der Waals surface area contributed by atoms with Crippen LogP contribution in [0.5, 0.6) is 0 Å². The van der Waals surface area contributed by atoms with Gasteiger partial charge in [0.15, 0.2) is 0 Å². The van der Waals surface area contributed by atoms with Crippen molar-refractivity contribution in [2.75, 3.05) is 66.1 Å². The molecule has 0 atom stereocenters. The summed E-state index contributed by atoms with van der Waals surface area (Å²) in [5, 5.41) is 5.57. The van der Waals surface area contributed by atoms with E-state index < -0.39 is 0 Å². The Bertz CT molecular complexity index is 341. The predicted molar refractivity (Wildman–Crippen MR) is 81.0 cm³/mol. The van der Waals surface area contributed by atoms with Crippen LogP contribution in [0.2, 0.25) is 0 Å². The molecule has 0 aliphatic carbocycles. The van der Waals surface area contributed by atoms with Gasteiger partial charge < -0.3 is 15.4 Å². The van der Waals surface area contributed by atoms with Crippen molar-refractivity contribution >= 4 is 11.8 Å². The number of nitrogens with one attached hydrogen (secondary N) is 2. The van der Waals surface area contributed by atoms with Crippen molar-refractivity contribution in [3.8, 4) is 0 Å². The fraction of sp³-hybridized carbons (Fsp3) is 0.714. The second-order valence-corrected chi connectivity index (χ2v) is 4.99. The second kappa shape index (κ2) is 10.3. The van der Waals surface area contributed by atoms with Crippen LogP contribution in [0.3, 0.4) is 0 Å². The van der Waals surface area contributed by atoms with E-state index in [2.05, 4.69) is 27.0 Å². The minimum atomic E-state index is 0.0145. The molecule has 7 nitrogen and oxygen atoms in total. The number of hydrogen-bond acceptors (Lipinski definition) is 5. The van der Waals surface area contributed by atoms with Gasteiger partial charge in [0.05, 0.1) is 19.7 Å². The van der Waals surface area contributed by atoms with E-state index in [0.717, 1.165) is 26.2 Å². The van der Waals surface area contributed by atoms with Crippen molar-refractivity contribution in [1.29, 1.82) is 0 Å². The largest absolute Gasteiger partial charge is 0.383 e. The molecular formula is C14H26N4O3. The fourth-order valence-electron chi connectivity index (χ4n) is 2.10. The van der Waals surface area contributed by atoms with Gasteiger partial charge in [0.2, 0.25) is 11.8 Å². The van der Waals surface area contributed by atoms with Crippen LogP contribution in [0.15, 0.2) is 12.7 Å². The topological polar surface area (TPSA) is 73.9 Å². The lowest BCUT2D eigenvalue weighted by Gasteiger charge is -2.33. The van der Waals surface area contributed by atoms with E-state index in [4.69, 9.17) is 4.74 Å². The van der Waals surface area contributed by atoms with Crippen molar-refractivity contribution in [2.45, 2.75) is 0 Å². The fourth-order valence-corrected chi connectivity index (χ4v) is 2.10. The normalized spacial score (nSPS) is 16.4. The number of piperazine rings is 1. The maximum absolute atomic E-state index is 11.7. The molecule has 2 N–H and O–H groups in total. The summed E-state index contributed by atoms with van der Waals surface area (Å²) in [6.45, 7) is 9.13. The minimum Gasteiger partial charge on any atom is -0.383 e. The Balaban J connectivity index is 2.15. The maximum atomic E-state index is 11.7. The molecular weight excluding hydrogens is 272 g/mol. The molecule has 1 heterocycles. The molecule has 120 valence electrons. The molecule has 0 unspecified atom stereocenters. The lowest BCUT2D eigenvalue weighted by atomic mass is 10.3. The summed E-state index contributed by atoms with van der Waals surface area (Å²) in [6, 6.07) is 0. The first-order chi connectivity index (χ1) is 10.2. The van der Waals surface area contributed by atoms with Crippen LogP contribution in [-0.4, -0.2) is 87.7 Å². The minimum absolute atomic E-state index is 0.0145. The monoisotopic (exact) mass is 298 g/mol. The molecule has 1 aliphatic rings. The molecule has 0 aromatic heterocycles. The summed E-state index contributed by atoms with van der Waals surface area (Å²) in [7, 11) is 1.61. The Labute approximate surface area is 126 Å². The number of ether oxygens (including phenoxy) is 1. The van der Waals surface area contributed by atoms with Gasteiger partial charge in [-0.3, -0.25) is 19.4 Å². The number of amides is 2. The highest BCUT2D eigenvalue weighted by atomic mass is 16.5. The van der Waals surface area contributed by atoms with Gasteiger partial charge in [-0.1, -0.05) is 6.08 Å². The quantitative estimate of drug-likeness (QED) is 0.407. The third-order valence-corrected chi connectivity index (χ3v) is 3.27. The van der Waals surface area contributed by atoms with E-state index in [1.54, 1.807) is 13.2 Å². The highest BCUT2D eigenvalue weighted by Gasteiger charge is 2.20. The van der Waals surface area contributed by atoms with E-state index in [0.29, 0.717) is 32.8 Å². The van der Waals surface area contributed by atoms with Crippen molar-refractivity contribution < 1.29 is 14.3 Å². The summed E-state index contributed by atoms with van der Waals surface area (Å²) >= 11 is 0. The van der Waals surface area contributed by atoms with E-state index in [-0.39, 0.29) is 11.8 Å². The average molecular weight is 298 g/mol. The first kappa shape index (κ1) is 17.6. The van der Waals surface area contributed by atoms with Crippen LogP contribution < -0.4 is 10.6 Å². The number of carbonyl (C=O) groups is 2. The summed E-state index contributed by atoms with van der Waals surface area (Å²) in [5.41, 5.74) is 0. The predicted octanol–water partition coefficient (Wildman–Crippen LogP) is -1.33. The first-order valence-corrected chi connectivity index (χ1v) is 7.23. The Morgan fingerprint density at radius 3 is 2.10 bits per heavy atom. The zero-order valence-corrected chi connectivity index (χ0v) is 12.8. The van der Waals surface area contributed by atoms with E-state index in [1.807, 2.05) is 0 Å². The van der Waals surface area contributed by atoms with Gasteiger partial charge in [-0.2, -0.15) is 0 Å². The molecule has 1 aliphatic heterocycles. The van der Waals surface area contributed by atoms with Crippen LogP contribution in [0.25, 0.3) is 0 Å². The summed E-state index contributed by atoms with van der Waals surface area (Å²) in [5.74, 6) is 0.0323. The lowest BCUT2D eigenvalue weighted by molar-refractivity contribution is -0.125. The number of nitrogens with zero attached hydrogens (tertiary/aromatic N) is 2. The first-order valence-electron chi connectivity index (χ1n) is 7.23. The molecule has 0 aromatic rings. The smallest absolute Gasteiger partial charge is 0.234 e. The van der Waals surface area contributed by atoms with Crippen LogP contribution in [0.1, 0.15) is 0 Å². The molecule has 0 radical (unpaired) electrons. The van der Waals surface area contributed by atoms with E-state index in [9.17, 15) is 9.59 Å². The Kier molecular flexibility index (Phi) is 8.65. The van der Waals surface area contributed by atoms with Gasteiger partial charge in [0, 0.05) is 46.4 Å². The Morgan fingerprint density at radius 1 is 1.10 bits per heavy atom. The van der Waals surface area contributed by atoms with E-state index in [1.165, 1.54) is 0 Å². The molecule has 21 heavy (non-hydrogen) atoms. The number of carbonyl (C=O) groups excluding carboxylic acids is 2. The highest BCUT2D eigenvalue weighted by Crippen LogP contribution is 2.00. The zero-order chi connectivity index (χ0) is 15.5. The summed E-state index contributed by atoms with van der Waals surface area (Å²) in [6.07, 6.45) is 1.66. The number of methoxy groups -OCH3 is 1. The Morgan fingerprint density at radius 2 is 1.62 bits per heavy atom. The van der Waals surface area contributed by atoms with Gasteiger partial charge in [-0.25, -0.2) is 0 Å². The summed E-state index contributed by atoms with van der Waals surface area (Å²) < 4.78 is 4.88. The highest BCUT2D eigenvalue weighted by molar-refractivity contribution is 5.78. The molecule has 0 bridgehead atoms. The third-order valence-electron chi connectivity index (χ3n) is 3.27. The van der Waals surface area contributed by atoms with Crippen molar-refractivity contribution in [2.24, 2.45) is 0 Å². The standard InChI is InChI=1S/C14H26N4O3/c1-3-4-15-13(19)11-17-6-8-18(9-7-17)12-14(20)16-5-10-21-2/h3H,1,4-12H2,2H3,(H,15,19)(H,16,20). The molecule has 1 saturated heterocycles. The van der Waals surface area contributed by atoms with Crippen LogP contribution in [-0.2, 0) is 14.3 Å². The molecule has 0 aromatic carbocycles. The van der Waals surface area contributed by atoms with Gasteiger partial charge in [0.25, 0.3) is 0 Å². The molecule has 7 heteroatoms. The molecule has 1 rings (SSSR count). The molecule has 0 spiro atoms. The van der Waals surface area contributed by atoms with Gasteiger partial charge in [-0.05, 0) is 0 Å². The maximum Gasteiger partial charge on any atom is 0.234 e. The SMILES string of the molecule is C=CCNC(=O)CN1CCN(CC(=O)NCCOC)CC1. The van der Waals surface area contributed by atoms with Crippen molar-refractivity contribution in [3.63, 3.8) is 0 Å². The van der Waals surface area contributed by atoms with Gasteiger partial charge >= 0.3 is 0 Å². The van der Waals surface area contributed by atoms with Crippen molar-refractivity contribution in [3.05, 3.63) is 12.7 Å². The molecule has 2 amide bonds. The average Bonchev–Trinajstić information content (AvgIpc) is 2.47. The van der Waals surface area contributed by atoms with Gasteiger partial charge in [-0.15, -0.1) is 6.58 Å². The van der Waals surface area contributed by atoms with Crippen molar-refractivity contribution in [1.82, 2.24) is 20.4 Å². The van der Waals surface area contributed by atoms with Crippen LogP contribution >= 0.6 is 0 Å². The number of rotatable bonds is 9. The summed E-state index contributed by atoms with van der Waals surface area (Å²) in [4.78, 5) is 27.4. The molecule has 0 saturated carbocycles. The zero-order valence-electron chi connectivity index (χ0n) is 12.8. The third kappa shape index (κ3) is 7.79. The van der Waals surface area contributed by atoms with Crippen LogP contribution in [0.4, 0.5) is 0 Å². The van der Waals surface area contributed by atoms with Crippen LogP contribution in [0, 0.1) is 0 Å².